The fourth-order valence-corrected chi connectivity index (χ4v) is 3.47. The lowest BCUT2D eigenvalue weighted by Crippen LogP contribution is -3.11. The van der Waals surface area contributed by atoms with E-state index in [0.29, 0.717) is 5.39 Å². The molecule has 0 radical (unpaired) electrons. The highest BCUT2D eigenvalue weighted by Gasteiger charge is 2.26. The summed E-state index contributed by atoms with van der Waals surface area (Å²) in [7, 11) is 0. The number of fused-ring (bicyclic) bond motifs is 2. The smallest absolute Gasteiger partial charge is 0.258 e. The molecule has 0 saturated heterocycles. The summed E-state index contributed by atoms with van der Waals surface area (Å²) in [6.45, 7) is 4.19. The number of nitrogens with one attached hydrogen (secondary N) is 2. The Morgan fingerprint density at radius 3 is 2.70 bits per heavy atom. The summed E-state index contributed by atoms with van der Waals surface area (Å²) in [5.74, 6) is 0.781. The predicted molar refractivity (Wildman–Crippen MR) is 90.5 cm³/mol. The largest absolute Gasteiger partial charge is 0.322 e. The monoisotopic (exact) mass is 306 g/mol. The number of hydrogen-bond donors (Lipinski definition) is 2. The quantitative estimate of drug-likeness (QED) is 0.756. The third-order valence-electron chi connectivity index (χ3n) is 4.91. The number of hydrogen-bond acceptors (Lipinski definition) is 2. The van der Waals surface area contributed by atoms with Gasteiger partial charge in [0.15, 0.2) is 5.82 Å². The molecule has 1 aliphatic rings. The van der Waals surface area contributed by atoms with Gasteiger partial charge in [-0.15, -0.1) is 0 Å². The summed E-state index contributed by atoms with van der Waals surface area (Å²) in [5.41, 5.74) is 3.58. The molecule has 0 amide bonds. The molecular formula is C19H20N3O+. The first-order chi connectivity index (χ1) is 11.2. The lowest BCUT2D eigenvalue weighted by molar-refractivity contribution is -0.945. The molecule has 2 atom stereocenters. The Kier molecular flexibility index (Phi) is 3.46. The molecule has 1 aliphatic heterocycles. The first-order valence-corrected chi connectivity index (χ1v) is 8.12. The maximum Gasteiger partial charge on any atom is 0.258 e. The molecule has 4 heteroatoms. The second-order valence-corrected chi connectivity index (χ2v) is 6.29. The number of benzene rings is 2. The van der Waals surface area contributed by atoms with Gasteiger partial charge in [0.05, 0.1) is 17.4 Å². The Morgan fingerprint density at radius 1 is 1.09 bits per heavy atom. The molecule has 4 nitrogen and oxygen atoms in total. The van der Waals surface area contributed by atoms with Crippen LogP contribution in [0.1, 0.15) is 29.9 Å². The fraction of sp³-hybridized carbons (Fsp3) is 0.263. The average Bonchev–Trinajstić information content (AvgIpc) is 2.60. The molecule has 2 N–H and O–H groups in total. The van der Waals surface area contributed by atoms with Gasteiger partial charge >= 0.3 is 0 Å². The zero-order valence-electron chi connectivity index (χ0n) is 13.2. The van der Waals surface area contributed by atoms with Gasteiger partial charge in [0.1, 0.15) is 12.6 Å². The number of nitrogens with zero attached hydrogens (tertiary/aromatic N) is 1. The standard InChI is InChI=1S/C19H19N3O/c1-13(22-11-10-14-6-2-3-7-15(14)12-22)18-20-17-9-5-4-8-16(17)19(23)21-18/h2-9,13H,10-12H2,1H3,(H,20,21,23)/p+1/t13-/m1/s1. The predicted octanol–water partition coefficient (Wildman–Crippen LogP) is 1.63. The maximum absolute atomic E-state index is 12.3. The molecule has 3 aromatic rings. The molecule has 2 aromatic carbocycles. The zero-order chi connectivity index (χ0) is 15.8. The van der Waals surface area contributed by atoms with Crippen molar-refractivity contribution in [3.05, 3.63) is 75.8 Å². The minimum atomic E-state index is -0.0470. The van der Waals surface area contributed by atoms with E-state index in [2.05, 4.69) is 36.2 Å². The van der Waals surface area contributed by atoms with Crippen LogP contribution in [-0.2, 0) is 13.0 Å². The number of aromatic nitrogens is 2. The molecule has 0 saturated carbocycles. The van der Waals surface area contributed by atoms with Crippen molar-refractivity contribution < 1.29 is 4.90 Å². The topological polar surface area (TPSA) is 50.2 Å². The van der Waals surface area contributed by atoms with E-state index < -0.39 is 0 Å². The Labute approximate surface area is 134 Å². The maximum atomic E-state index is 12.3. The summed E-state index contributed by atoms with van der Waals surface area (Å²) in [6, 6.07) is 16.3. The van der Waals surface area contributed by atoms with Gasteiger partial charge in [-0.25, -0.2) is 4.98 Å². The van der Waals surface area contributed by atoms with Crippen molar-refractivity contribution in [3.8, 4) is 0 Å². The molecule has 0 spiro atoms. The van der Waals surface area contributed by atoms with Crippen molar-refractivity contribution in [2.45, 2.75) is 25.9 Å². The summed E-state index contributed by atoms with van der Waals surface area (Å²) >= 11 is 0. The second kappa shape index (κ2) is 5.63. The van der Waals surface area contributed by atoms with Gasteiger partial charge in [-0.3, -0.25) is 4.79 Å². The molecule has 116 valence electrons. The third kappa shape index (κ3) is 2.55. The van der Waals surface area contributed by atoms with Crippen LogP contribution < -0.4 is 10.5 Å². The summed E-state index contributed by atoms with van der Waals surface area (Å²) < 4.78 is 0. The van der Waals surface area contributed by atoms with Gasteiger partial charge in [0.2, 0.25) is 0 Å². The van der Waals surface area contributed by atoms with E-state index >= 15 is 0 Å². The van der Waals surface area contributed by atoms with E-state index in [4.69, 9.17) is 4.98 Å². The van der Waals surface area contributed by atoms with Gasteiger partial charge in [0, 0.05) is 12.0 Å². The molecule has 0 aliphatic carbocycles. The Morgan fingerprint density at radius 2 is 1.83 bits per heavy atom. The Bertz CT molecular complexity index is 916. The molecule has 2 heterocycles. The van der Waals surface area contributed by atoms with Gasteiger partial charge < -0.3 is 9.88 Å². The van der Waals surface area contributed by atoms with Crippen molar-refractivity contribution in [1.82, 2.24) is 9.97 Å². The Hall–Kier alpha value is -2.46. The first-order valence-electron chi connectivity index (χ1n) is 8.12. The number of H-pyrrole nitrogens is 1. The molecule has 23 heavy (non-hydrogen) atoms. The highest BCUT2D eigenvalue weighted by molar-refractivity contribution is 5.77. The van der Waals surface area contributed by atoms with Crippen molar-refractivity contribution >= 4 is 10.9 Å². The lowest BCUT2D eigenvalue weighted by Gasteiger charge is -2.30. The van der Waals surface area contributed by atoms with Crippen LogP contribution in [0.4, 0.5) is 0 Å². The number of para-hydroxylation sites is 1. The minimum Gasteiger partial charge on any atom is -0.322 e. The first kappa shape index (κ1) is 14.2. The van der Waals surface area contributed by atoms with Crippen molar-refractivity contribution in [2.75, 3.05) is 6.54 Å². The van der Waals surface area contributed by atoms with Gasteiger partial charge in [-0.05, 0) is 24.6 Å². The van der Waals surface area contributed by atoms with Gasteiger partial charge in [-0.1, -0.05) is 36.4 Å². The van der Waals surface area contributed by atoms with E-state index in [1.54, 1.807) is 0 Å². The van der Waals surface area contributed by atoms with Crippen LogP contribution >= 0.6 is 0 Å². The molecule has 1 unspecified atom stereocenters. The van der Waals surface area contributed by atoms with Crippen LogP contribution in [0.15, 0.2) is 53.3 Å². The highest BCUT2D eigenvalue weighted by Crippen LogP contribution is 2.14. The summed E-state index contributed by atoms with van der Waals surface area (Å²) in [6.07, 6.45) is 1.08. The SMILES string of the molecule is C[C@H](c1nc2ccccc2c(=O)[nH]1)[NH+]1CCc2ccccc2C1. The van der Waals surface area contributed by atoms with Crippen LogP contribution in [0.3, 0.4) is 0 Å². The summed E-state index contributed by atoms with van der Waals surface area (Å²) in [4.78, 5) is 21.4. The van der Waals surface area contributed by atoms with Gasteiger partial charge in [0.25, 0.3) is 5.56 Å². The number of aromatic amines is 1. The number of rotatable bonds is 2. The molecule has 0 fully saturated rings. The minimum absolute atomic E-state index is 0.0470. The van der Waals surface area contributed by atoms with Crippen molar-refractivity contribution in [1.29, 1.82) is 0 Å². The second-order valence-electron chi connectivity index (χ2n) is 6.29. The van der Waals surface area contributed by atoms with Crippen LogP contribution in [0.25, 0.3) is 10.9 Å². The zero-order valence-corrected chi connectivity index (χ0v) is 13.2. The van der Waals surface area contributed by atoms with Crippen molar-refractivity contribution in [3.63, 3.8) is 0 Å². The normalized spacial score (nSPS) is 18.6. The van der Waals surface area contributed by atoms with E-state index in [9.17, 15) is 4.79 Å². The van der Waals surface area contributed by atoms with E-state index in [1.165, 1.54) is 16.0 Å². The number of quaternary nitrogens is 1. The van der Waals surface area contributed by atoms with E-state index in [0.717, 1.165) is 30.9 Å². The van der Waals surface area contributed by atoms with Crippen LogP contribution in [0, 0.1) is 0 Å². The molecule has 1 aromatic heterocycles. The van der Waals surface area contributed by atoms with Crippen LogP contribution in [0.5, 0.6) is 0 Å². The third-order valence-corrected chi connectivity index (χ3v) is 4.91. The highest BCUT2D eigenvalue weighted by atomic mass is 16.1. The molecule has 4 rings (SSSR count). The lowest BCUT2D eigenvalue weighted by atomic mass is 9.99. The summed E-state index contributed by atoms with van der Waals surface area (Å²) in [5, 5.41) is 0.655. The van der Waals surface area contributed by atoms with E-state index in [-0.39, 0.29) is 11.6 Å². The van der Waals surface area contributed by atoms with Crippen LogP contribution in [-0.4, -0.2) is 16.5 Å². The molecular weight excluding hydrogens is 286 g/mol. The average molecular weight is 306 g/mol. The molecule has 0 bridgehead atoms. The van der Waals surface area contributed by atoms with Crippen LogP contribution in [0.2, 0.25) is 0 Å². The van der Waals surface area contributed by atoms with Gasteiger partial charge in [-0.2, -0.15) is 0 Å². The fourth-order valence-electron chi connectivity index (χ4n) is 3.47. The van der Waals surface area contributed by atoms with Crippen molar-refractivity contribution in [2.24, 2.45) is 0 Å². The Balaban J connectivity index is 1.67. The van der Waals surface area contributed by atoms with E-state index in [1.807, 2.05) is 24.3 Å².